The topological polar surface area (TPSA) is 92.8 Å². The molecule has 0 radical (unpaired) electrons. The Balaban J connectivity index is 1.48. The fourth-order valence-corrected chi connectivity index (χ4v) is 2.81. The van der Waals surface area contributed by atoms with Crippen molar-refractivity contribution < 1.29 is 23.9 Å². The molecule has 2 aromatic rings. The minimum Gasteiger partial charge on any atom is -0.462 e. The number of anilines is 1. The molecule has 1 heterocycles. The lowest BCUT2D eigenvalue weighted by Crippen LogP contribution is -2.31. The maximum atomic E-state index is 12.2. The molecule has 0 unspecified atom stereocenters. The van der Waals surface area contributed by atoms with Crippen molar-refractivity contribution in [1.29, 1.82) is 0 Å². The second-order valence-corrected chi connectivity index (χ2v) is 6.06. The Morgan fingerprint density at radius 3 is 2.11 bits per heavy atom. The third kappa shape index (κ3) is 4.03. The summed E-state index contributed by atoms with van der Waals surface area (Å²) in [5.41, 5.74) is 1.74. The smallest absolute Gasteiger partial charge is 0.338 e. The van der Waals surface area contributed by atoms with E-state index >= 15 is 0 Å². The Morgan fingerprint density at radius 2 is 1.56 bits per heavy atom. The lowest BCUT2D eigenvalue weighted by molar-refractivity contribution is -0.114. The van der Waals surface area contributed by atoms with Crippen molar-refractivity contribution in [1.82, 2.24) is 4.90 Å². The van der Waals surface area contributed by atoms with Crippen molar-refractivity contribution in [3.8, 4) is 0 Å². The van der Waals surface area contributed by atoms with Gasteiger partial charge in [0, 0.05) is 19.2 Å². The fraction of sp³-hybridized carbons (Fsp3) is 0.200. The van der Waals surface area contributed by atoms with Crippen LogP contribution in [0.15, 0.2) is 48.5 Å². The number of imide groups is 1. The third-order valence-corrected chi connectivity index (χ3v) is 4.08. The van der Waals surface area contributed by atoms with E-state index < -0.39 is 5.97 Å². The van der Waals surface area contributed by atoms with Crippen molar-refractivity contribution in [2.75, 3.05) is 18.5 Å². The lowest BCUT2D eigenvalue weighted by atomic mass is 10.1. The molecule has 0 atom stereocenters. The van der Waals surface area contributed by atoms with Crippen LogP contribution in [0, 0.1) is 0 Å². The Hall–Kier alpha value is -3.48. The van der Waals surface area contributed by atoms with Crippen LogP contribution in [0.5, 0.6) is 0 Å². The lowest BCUT2D eigenvalue weighted by Gasteiger charge is -2.13. The largest absolute Gasteiger partial charge is 0.462 e. The zero-order chi connectivity index (χ0) is 19.4. The molecule has 0 saturated carbocycles. The van der Waals surface area contributed by atoms with Gasteiger partial charge < -0.3 is 10.1 Å². The molecule has 0 aliphatic carbocycles. The van der Waals surface area contributed by atoms with Crippen molar-refractivity contribution in [3.05, 3.63) is 65.2 Å². The van der Waals surface area contributed by atoms with Gasteiger partial charge in [-0.25, -0.2) is 4.79 Å². The molecule has 0 bridgehead atoms. The predicted octanol–water partition coefficient (Wildman–Crippen LogP) is 2.49. The van der Waals surface area contributed by atoms with Crippen LogP contribution in [0.4, 0.5) is 5.69 Å². The standard InChI is InChI=1S/C20H18N2O5/c1-13(23)21-15-9-7-14(8-10-15)20(26)27-12-4-11-22-18(24)16-5-2-3-6-17(16)19(22)25/h2-3,5-10H,4,11-12H2,1H3,(H,21,23). The summed E-state index contributed by atoms with van der Waals surface area (Å²) in [6, 6.07) is 13.0. The van der Waals surface area contributed by atoms with Gasteiger partial charge in [-0.15, -0.1) is 0 Å². The van der Waals surface area contributed by atoms with E-state index in [1.54, 1.807) is 48.5 Å². The van der Waals surface area contributed by atoms with Gasteiger partial charge in [-0.2, -0.15) is 0 Å². The van der Waals surface area contributed by atoms with Gasteiger partial charge in [0.2, 0.25) is 5.91 Å². The van der Waals surface area contributed by atoms with Crippen molar-refractivity contribution >= 4 is 29.4 Å². The molecular formula is C20H18N2O5. The number of benzene rings is 2. The summed E-state index contributed by atoms with van der Waals surface area (Å²) >= 11 is 0. The monoisotopic (exact) mass is 366 g/mol. The normalized spacial score (nSPS) is 12.7. The Morgan fingerprint density at radius 1 is 0.963 bits per heavy atom. The first-order valence-electron chi connectivity index (χ1n) is 8.47. The number of esters is 1. The summed E-state index contributed by atoms with van der Waals surface area (Å²) in [7, 11) is 0. The molecule has 1 N–H and O–H groups in total. The molecule has 3 rings (SSSR count). The van der Waals surface area contributed by atoms with Gasteiger partial charge in [-0.3, -0.25) is 19.3 Å². The minimum atomic E-state index is -0.508. The highest BCUT2D eigenvalue weighted by molar-refractivity contribution is 6.21. The molecule has 0 aromatic heterocycles. The number of hydrogen-bond donors (Lipinski definition) is 1. The number of rotatable bonds is 6. The molecule has 1 aliphatic heterocycles. The molecular weight excluding hydrogens is 348 g/mol. The predicted molar refractivity (Wildman–Crippen MR) is 97.5 cm³/mol. The number of carbonyl (C=O) groups is 4. The van der Waals surface area contributed by atoms with Crippen LogP contribution < -0.4 is 5.32 Å². The van der Waals surface area contributed by atoms with Crippen LogP contribution in [0.1, 0.15) is 44.4 Å². The quantitative estimate of drug-likeness (QED) is 0.482. The zero-order valence-corrected chi connectivity index (χ0v) is 14.7. The zero-order valence-electron chi connectivity index (χ0n) is 14.7. The van der Waals surface area contributed by atoms with Crippen LogP contribution in [-0.2, 0) is 9.53 Å². The molecule has 0 fully saturated rings. The Labute approximate surface area is 155 Å². The third-order valence-electron chi connectivity index (χ3n) is 4.08. The molecule has 2 aromatic carbocycles. The van der Waals surface area contributed by atoms with E-state index in [1.165, 1.54) is 11.8 Å². The van der Waals surface area contributed by atoms with Gasteiger partial charge in [0.25, 0.3) is 11.8 Å². The van der Waals surface area contributed by atoms with E-state index in [2.05, 4.69) is 5.32 Å². The SMILES string of the molecule is CC(=O)Nc1ccc(C(=O)OCCCN2C(=O)c3ccccc3C2=O)cc1. The van der Waals surface area contributed by atoms with Gasteiger partial charge in [-0.05, 0) is 42.8 Å². The van der Waals surface area contributed by atoms with E-state index in [-0.39, 0.29) is 30.9 Å². The molecule has 0 spiro atoms. The average molecular weight is 366 g/mol. The number of carbonyl (C=O) groups excluding carboxylic acids is 4. The van der Waals surface area contributed by atoms with Crippen LogP contribution in [0.2, 0.25) is 0 Å². The van der Waals surface area contributed by atoms with Crippen LogP contribution in [0.3, 0.4) is 0 Å². The van der Waals surface area contributed by atoms with Crippen molar-refractivity contribution in [3.63, 3.8) is 0 Å². The summed E-state index contributed by atoms with van der Waals surface area (Å²) in [4.78, 5) is 48.6. The van der Waals surface area contributed by atoms with E-state index in [9.17, 15) is 19.2 Å². The van der Waals surface area contributed by atoms with Crippen molar-refractivity contribution in [2.45, 2.75) is 13.3 Å². The second-order valence-electron chi connectivity index (χ2n) is 6.06. The molecule has 1 aliphatic rings. The minimum absolute atomic E-state index is 0.0830. The fourth-order valence-electron chi connectivity index (χ4n) is 2.81. The van der Waals surface area contributed by atoms with Gasteiger partial charge in [-0.1, -0.05) is 12.1 Å². The summed E-state index contributed by atoms with van der Waals surface area (Å²) in [6.07, 6.45) is 0.348. The van der Waals surface area contributed by atoms with E-state index in [0.717, 1.165) is 0 Å². The first kappa shape index (κ1) is 18.3. The summed E-state index contributed by atoms with van der Waals surface area (Å²) in [6.45, 7) is 1.66. The Bertz CT molecular complexity index is 870. The first-order valence-corrected chi connectivity index (χ1v) is 8.47. The molecule has 7 heteroatoms. The molecule has 0 saturated heterocycles. The molecule has 27 heavy (non-hydrogen) atoms. The highest BCUT2D eigenvalue weighted by Gasteiger charge is 2.34. The Kier molecular flexibility index (Phi) is 5.30. The van der Waals surface area contributed by atoms with E-state index in [4.69, 9.17) is 4.74 Å². The van der Waals surface area contributed by atoms with Crippen LogP contribution in [0.25, 0.3) is 0 Å². The van der Waals surface area contributed by atoms with E-state index in [1.807, 2.05) is 0 Å². The summed E-state index contributed by atoms with van der Waals surface area (Å²) < 4.78 is 5.18. The number of nitrogens with zero attached hydrogens (tertiary/aromatic N) is 1. The van der Waals surface area contributed by atoms with E-state index in [0.29, 0.717) is 28.8 Å². The summed E-state index contributed by atoms with van der Waals surface area (Å²) in [5, 5.41) is 2.61. The van der Waals surface area contributed by atoms with Gasteiger partial charge >= 0.3 is 5.97 Å². The number of fused-ring (bicyclic) bond motifs is 1. The number of nitrogens with one attached hydrogen (secondary N) is 1. The highest BCUT2D eigenvalue weighted by atomic mass is 16.5. The first-order chi connectivity index (χ1) is 13.0. The number of ether oxygens (including phenoxy) is 1. The molecule has 138 valence electrons. The highest BCUT2D eigenvalue weighted by Crippen LogP contribution is 2.22. The average Bonchev–Trinajstić information content (AvgIpc) is 2.90. The number of hydrogen-bond acceptors (Lipinski definition) is 5. The van der Waals surface area contributed by atoms with Crippen LogP contribution >= 0.6 is 0 Å². The molecule has 7 nitrogen and oxygen atoms in total. The van der Waals surface area contributed by atoms with Crippen LogP contribution in [-0.4, -0.2) is 41.7 Å². The summed E-state index contributed by atoms with van der Waals surface area (Å²) in [5.74, 6) is -1.35. The second kappa shape index (κ2) is 7.82. The van der Waals surface area contributed by atoms with Gasteiger partial charge in [0.1, 0.15) is 0 Å². The maximum Gasteiger partial charge on any atom is 0.338 e. The number of amides is 3. The molecule has 3 amide bonds. The van der Waals surface area contributed by atoms with Gasteiger partial charge in [0.15, 0.2) is 0 Å². The van der Waals surface area contributed by atoms with Gasteiger partial charge in [0.05, 0.1) is 23.3 Å². The maximum absolute atomic E-state index is 12.2. The van der Waals surface area contributed by atoms with Crippen molar-refractivity contribution in [2.24, 2.45) is 0 Å².